The Morgan fingerprint density at radius 1 is 1.24 bits per heavy atom. The average Bonchev–Trinajstić information content (AvgIpc) is 2.54. The van der Waals surface area contributed by atoms with E-state index >= 15 is 0 Å². The number of aromatic nitrogens is 1. The number of hydrogen-bond acceptors (Lipinski definition) is 4. The van der Waals surface area contributed by atoms with Crippen LogP contribution in [0.5, 0.6) is 0 Å². The van der Waals surface area contributed by atoms with Gasteiger partial charge >= 0.3 is 5.97 Å². The molecule has 1 fully saturated rings. The lowest BCUT2D eigenvalue weighted by Crippen LogP contribution is -2.46. The first kappa shape index (κ1) is 13.8. The Morgan fingerprint density at radius 3 is 2.62 bits per heavy atom. The molecule has 1 aromatic heterocycles. The van der Waals surface area contributed by atoms with Crippen LogP contribution < -0.4 is 4.90 Å². The summed E-state index contributed by atoms with van der Waals surface area (Å²) in [6, 6.07) is 9.48. The highest BCUT2D eigenvalue weighted by atomic mass is 16.4. The predicted molar refractivity (Wildman–Crippen MR) is 83.0 cm³/mol. The molecule has 0 bridgehead atoms. The van der Waals surface area contributed by atoms with Gasteiger partial charge in [-0.25, -0.2) is 9.78 Å². The minimum absolute atomic E-state index is 0.113. The third-order valence-electron chi connectivity index (χ3n) is 4.06. The molecule has 2 heterocycles. The van der Waals surface area contributed by atoms with Crippen molar-refractivity contribution in [1.82, 2.24) is 9.88 Å². The fourth-order valence-electron chi connectivity index (χ4n) is 2.81. The molecule has 0 radical (unpaired) electrons. The van der Waals surface area contributed by atoms with Crippen LogP contribution in [0.2, 0.25) is 0 Å². The quantitative estimate of drug-likeness (QED) is 0.935. The smallest absolute Gasteiger partial charge is 0.354 e. The first-order chi connectivity index (χ1) is 10.2. The summed E-state index contributed by atoms with van der Waals surface area (Å²) in [6.07, 6.45) is 0. The molecule has 5 nitrogen and oxygen atoms in total. The van der Waals surface area contributed by atoms with Crippen LogP contribution >= 0.6 is 0 Å². The molecular formula is C16H19N3O2. The van der Waals surface area contributed by atoms with Crippen molar-refractivity contribution >= 4 is 22.6 Å². The summed E-state index contributed by atoms with van der Waals surface area (Å²) in [7, 11) is 0. The summed E-state index contributed by atoms with van der Waals surface area (Å²) in [5, 5.41) is 11.2. The Labute approximate surface area is 123 Å². The number of carboxylic acids is 1. The van der Waals surface area contributed by atoms with Crippen LogP contribution in [0.3, 0.4) is 0 Å². The third-order valence-corrected chi connectivity index (χ3v) is 4.06. The van der Waals surface area contributed by atoms with Gasteiger partial charge in [-0.3, -0.25) is 0 Å². The van der Waals surface area contributed by atoms with Gasteiger partial charge in [0, 0.05) is 31.6 Å². The molecule has 0 amide bonds. The number of benzene rings is 1. The van der Waals surface area contributed by atoms with E-state index in [4.69, 9.17) is 0 Å². The van der Waals surface area contributed by atoms with E-state index in [9.17, 15) is 9.90 Å². The molecule has 5 heteroatoms. The average molecular weight is 285 g/mol. The lowest BCUT2D eigenvalue weighted by molar-refractivity contribution is 0.0691. The Balaban J connectivity index is 2.02. The number of carboxylic acid groups (broad SMARTS) is 1. The molecule has 1 aromatic carbocycles. The van der Waals surface area contributed by atoms with Crippen molar-refractivity contribution in [2.75, 3.05) is 37.6 Å². The van der Waals surface area contributed by atoms with Crippen molar-refractivity contribution in [3.05, 3.63) is 36.0 Å². The Kier molecular flexibility index (Phi) is 3.75. The minimum atomic E-state index is -0.978. The molecule has 2 aromatic rings. The maximum atomic E-state index is 11.3. The highest BCUT2D eigenvalue weighted by Gasteiger charge is 2.20. The lowest BCUT2D eigenvalue weighted by atomic mass is 10.1. The second-order valence-electron chi connectivity index (χ2n) is 5.28. The number of rotatable bonds is 3. The number of aromatic carboxylic acids is 1. The van der Waals surface area contributed by atoms with Crippen molar-refractivity contribution in [2.45, 2.75) is 6.92 Å². The number of piperazine rings is 1. The van der Waals surface area contributed by atoms with Gasteiger partial charge in [-0.1, -0.05) is 31.2 Å². The van der Waals surface area contributed by atoms with Crippen molar-refractivity contribution in [3.63, 3.8) is 0 Å². The fraction of sp³-hybridized carbons (Fsp3) is 0.375. The normalized spacial score (nSPS) is 16.3. The molecule has 3 rings (SSSR count). The highest BCUT2D eigenvalue weighted by molar-refractivity contribution is 5.98. The van der Waals surface area contributed by atoms with Gasteiger partial charge in [-0.2, -0.15) is 0 Å². The summed E-state index contributed by atoms with van der Waals surface area (Å²) in [5.74, 6) is -0.185. The van der Waals surface area contributed by atoms with Crippen molar-refractivity contribution in [2.24, 2.45) is 0 Å². The molecule has 1 N–H and O–H groups in total. The summed E-state index contributed by atoms with van der Waals surface area (Å²) in [6.45, 7) is 6.96. The number of likely N-dealkylation sites (N-methyl/N-ethyl adjacent to an activating group) is 1. The van der Waals surface area contributed by atoms with Crippen LogP contribution in [0.25, 0.3) is 10.8 Å². The Bertz CT molecular complexity index is 664. The van der Waals surface area contributed by atoms with E-state index in [0.717, 1.165) is 49.3 Å². The molecule has 110 valence electrons. The van der Waals surface area contributed by atoms with Crippen LogP contribution in [0.4, 0.5) is 5.82 Å². The molecule has 21 heavy (non-hydrogen) atoms. The zero-order chi connectivity index (χ0) is 14.8. The van der Waals surface area contributed by atoms with Gasteiger partial charge in [0.1, 0.15) is 5.82 Å². The van der Waals surface area contributed by atoms with E-state index < -0.39 is 5.97 Å². The number of nitrogens with zero attached hydrogens (tertiary/aromatic N) is 3. The third kappa shape index (κ3) is 2.69. The van der Waals surface area contributed by atoms with Gasteiger partial charge in [-0.05, 0) is 18.0 Å². The minimum Gasteiger partial charge on any atom is -0.477 e. The van der Waals surface area contributed by atoms with Gasteiger partial charge in [0.25, 0.3) is 0 Å². The van der Waals surface area contributed by atoms with Gasteiger partial charge in [-0.15, -0.1) is 0 Å². The van der Waals surface area contributed by atoms with Crippen LogP contribution in [0, 0.1) is 0 Å². The van der Waals surface area contributed by atoms with E-state index in [2.05, 4.69) is 21.7 Å². The van der Waals surface area contributed by atoms with Crippen LogP contribution in [0.1, 0.15) is 17.4 Å². The summed E-state index contributed by atoms with van der Waals surface area (Å²) < 4.78 is 0. The number of anilines is 1. The second-order valence-corrected chi connectivity index (χ2v) is 5.28. The highest BCUT2D eigenvalue weighted by Crippen LogP contribution is 2.26. The molecular weight excluding hydrogens is 266 g/mol. The first-order valence-electron chi connectivity index (χ1n) is 7.29. The lowest BCUT2D eigenvalue weighted by Gasteiger charge is -2.35. The van der Waals surface area contributed by atoms with E-state index in [0.29, 0.717) is 0 Å². The maximum Gasteiger partial charge on any atom is 0.354 e. The molecule has 0 aliphatic carbocycles. The zero-order valence-corrected chi connectivity index (χ0v) is 12.1. The van der Waals surface area contributed by atoms with E-state index in [1.165, 1.54) is 0 Å². The van der Waals surface area contributed by atoms with Gasteiger partial charge < -0.3 is 14.9 Å². The molecule has 0 unspecified atom stereocenters. The number of carbonyl (C=O) groups is 1. The number of hydrogen-bond donors (Lipinski definition) is 1. The van der Waals surface area contributed by atoms with Gasteiger partial charge in [0.15, 0.2) is 5.69 Å². The zero-order valence-electron chi connectivity index (χ0n) is 12.1. The molecule has 1 saturated heterocycles. The standard InChI is InChI=1S/C16H19N3O2/c1-2-18-7-9-19(10-8-18)15-13-6-4-3-5-12(13)11-14(17-15)16(20)21/h3-6,11H,2,7-10H2,1H3,(H,20,21). The van der Waals surface area contributed by atoms with E-state index in [1.807, 2.05) is 24.3 Å². The van der Waals surface area contributed by atoms with E-state index in [1.54, 1.807) is 6.07 Å². The van der Waals surface area contributed by atoms with Gasteiger partial charge in [0.05, 0.1) is 0 Å². The predicted octanol–water partition coefficient (Wildman–Crippen LogP) is 2.07. The van der Waals surface area contributed by atoms with Crippen molar-refractivity contribution < 1.29 is 9.90 Å². The van der Waals surface area contributed by atoms with Gasteiger partial charge in [0.2, 0.25) is 0 Å². The maximum absolute atomic E-state index is 11.3. The summed E-state index contributed by atoms with van der Waals surface area (Å²) >= 11 is 0. The fourth-order valence-corrected chi connectivity index (χ4v) is 2.81. The molecule has 1 aliphatic rings. The Morgan fingerprint density at radius 2 is 1.95 bits per heavy atom. The molecule has 1 aliphatic heterocycles. The summed E-state index contributed by atoms with van der Waals surface area (Å²) in [5.41, 5.74) is 0.113. The molecule has 0 atom stereocenters. The van der Waals surface area contributed by atoms with Crippen LogP contribution in [-0.2, 0) is 0 Å². The topological polar surface area (TPSA) is 56.7 Å². The molecule has 0 spiro atoms. The SMILES string of the molecule is CCN1CCN(c2nc(C(=O)O)cc3ccccc23)CC1. The Hall–Kier alpha value is -2.14. The van der Waals surface area contributed by atoms with Crippen LogP contribution in [-0.4, -0.2) is 53.7 Å². The summed E-state index contributed by atoms with van der Waals surface area (Å²) in [4.78, 5) is 20.3. The first-order valence-corrected chi connectivity index (χ1v) is 7.29. The molecule has 0 saturated carbocycles. The second kappa shape index (κ2) is 5.69. The van der Waals surface area contributed by atoms with Crippen molar-refractivity contribution in [1.29, 1.82) is 0 Å². The van der Waals surface area contributed by atoms with Crippen molar-refractivity contribution in [3.8, 4) is 0 Å². The number of fused-ring (bicyclic) bond motifs is 1. The number of pyridine rings is 1. The monoisotopic (exact) mass is 285 g/mol. The largest absolute Gasteiger partial charge is 0.477 e. The van der Waals surface area contributed by atoms with Crippen LogP contribution in [0.15, 0.2) is 30.3 Å². The van der Waals surface area contributed by atoms with E-state index in [-0.39, 0.29) is 5.69 Å².